The molecule has 0 atom stereocenters. The first-order chi connectivity index (χ1) is 32.0. The van der Waals surface area contributed by atoms with Crippen LogP contribution in [0.1, 0.15) is 77.8 Å². The van der Waals surface area contributed by atoms with Crippen molar-refractivity contribution in [2.75, 3.05) is 72.8 Å². The second-order valence-electron chi connectivity index (χ2n) is 17.5. The summed E-state index contributed by atoms with van der Waals surface area (Å²) in [5.74, 6) is 2.71. The van der Waals surface area contributed by atoms with E-state index in [9.17, 15) is 4.79 Å². The van der Waals surface area contributed by atoms with Gasteiger partial charge in [0.1, 0.15) is 22.9 Å². The second kappa shape index (κ2) is 18.8. The summed E-state index contributed by atoms with van der Waals surface area (Å²) in [6, 6.07) is 13.2. The third kappa shape index (κ3) is 8.50. The maximum Gasteiger partial charge on any atom is 0.230 e. The average molecular weight is 887 g/mol. The van der Waals surface area contributed by atoms with E-state index in [0.717, 1.165) is 108 Å². The van der Waals surface area contributed by atoms with Crippen molar-refractivity contribution < 1.29 is 4.79 Å². The number of hydrogen-bond acceptors (Lipinski definition) is 14. The van der Waals surface area contributed by atoms with Gasteiger partial charge in [0.05, 0.1) is 47.2 Å². The molecule has 0 radical (unpaired) electrons. The molecular weight excluding hydrogens is 829 g/mol. The molecule has 4 aliphatic rings. The molecule has 0 bridgehead atoms. The van der Waals surface area contributed by atoms with Crippen LogP contribution in [0.2, 0.25) is 0 Å². The first-order valence-electron chi connectivity index (χ1n) is 23.2. The third-order valence-electron chi connectivity index (χ3n) is 13.6. The average Bonchev–Trinajstić information content (AvgIpc) is 4.19. The minimum absolute atomic E-state index is 0. The summed E-state index contributed by atoms with van der Waals surface area (Å²) >= 11 is 0. The van der Waals surface area contributed by atoms with E-state index >= 15 is 0 Å². The number of fused-ring (bicyclic) bond motifs is 6. The number of nitrogens with zero attached hydrogens (tertiary/aromatic N) is 13. The van der Waals surface area contributed by atoms with Gasteiger partial charge in [0.2, 0.25) is 17.8 Å². The fourth-order valence-electron chi connectivity index (χ4n) is 10.2. The molecule has 1 amide bonds. The Morgan fingerprint density at radius 2 is 1.03 bits per heavy atom. The van der Waals surface area contributed by atoms with Gasteiger partial charge in [-0.05, 0) is 62.1 Å². The highest BCUT2D eigenvalue weighted by atomic mass is 16.2. The predicted octanol–water partition coefficient (Wildman–Crippen LogP) is 8.18. The molecule has 0 aromatic carbocycles. The molecule has 3 N–H and O–H groups in total. The van der Waals surface area contributed by atoms with E-state index in [-0.39, 0.29) is 13.3 Å². The molecule has 0 spiro atoms. The highest BCUT2D eigenvalue weighted by molar-refractivity contribution is 6.07. The maximum absolute atomic E-state index is 11.6. The Bertz CT molecular complexity index is 2940. The lowest BCUT2D eigenvalue weighted by Gasteiger charge is -2.35. The Morgan fingerprint density at radius 3 is 1.47 bits per heavy atom. The number of piperazine rings is 2. The largest absolute Gasteiger partial charge is 0.368 e. The lowest BCUT2D eigenvalue weighted by atomic mass is 10.2. The zero-order valence-electron chi connectivity index (χ0n) is 36.8. The van der Waals surface area contributed by atoms with Crippen LogP contribution in [0, 0.1) is 0 Å². The van der Waals surface area contributed by atoms with Gasteiger partial charge < -0.3 is 39.8 Å². The van der Waals surface area contributed by atoms with Crippen LogP contribution in [0.15, 0.2) is 86.0 Å². The summed E-state index contributed by atoms with van der Waals surface area (Å²) < 4.78 is 4.73. The van der Waals surface area contributed by atoms with Crippen LogP contribution >= 0.6 is 0 Å². The number of pyridine rings is 4. The molecule has 66 heavy (non-hydrogen) atoms. The molecule has 8 aromatic rings. The monoisotopic (exact) mass is 886 g/mol. The van der Waals surface area contributed by atoms with Gasteiger partial charge >= 0.3 is 0 Å². The molecule has 2 saturated carbocycles. The number of carbonyl (C=O) groups is 1. The van der Waals surface area contributed by atoms with Crippen molar-refractivity contribution >= 4 is 84.7 Å². The van der Waals surface area contributed by atoms with Crippen LogP contribution in [-0.4, -0.2) is 112 Å². The zero-order chi connectivity index (χ0) is 43.7. The number of aromatic nitrogens is 10. The van der Waals surface area contributed by atoms with Crippen LogP contribution in [0.25, 0.3) is 43.9 Å². The molecule has 340 valence electrons. The molecule has 17 heteroatoms. The van der Waals surface area contributed by atoms with E-state index in [0.29, 0.717) is 29.8 Å². The molecule has 0 unspecified atom stereocenters. The van der Waals surface area contributed by atoms with Crippen molar-refractivity contribution in [3.05, 3.63) is 86.0 Å². The Balaban J connectivity index is 0.000000153. The highest BCUT2D eigenvalue weighted by Crippen LogP contribution is 2.39. The SMILES string of the molecule is C.CC(=O)N1CCN(c2ccc(Nc3ncc4c5ccncc5n(C5CCCC5)c4n3)nc2)CC1.c1cc2c3cnc(Nc4ccc(N5CCNCC5)cn4)nc3n(C3CCCC3)c2cn1. The summed E-state index contributed by atoms with van der Waals surface area (Å²) in [4.78, 5) is 55.0. The van der Waals surface area contributed by atoms with E-state index < -0.39 is 0 Å². The highest BCUT2D eigenvalue weighted by Gasteiger charge is 2.25. The molecular formula is C49H58N16O. The molecule has 2 saturated heterocycles. The van der Waals surface area contributed by atoms with E-state index in [1.54, 1.807) is 6.92 Å². The van der Waals surface area contributed by atoms with Crippen molar-refractivity contribution in [1.29, 1.82) is 0 Å². The smallest absolute Gasteiger partial charge is 0.230 e. The lowest BCUT2D eigenvalue weighted by Crippen LogP contribution is -2.48. The van der Waals surface area contributed by atoms with Crippen molar-refractivity contribution in [3.8, 4) is 0 Å². The van der Waals surface area contributed by atoms with E-state index in [1.165, 1.54) is 56.8 Å². The molecule has 17 nitrogen and oxygen atoms in total. The molecule has 2 aliphatic heterocycles. The predicted molar refractivity (Wildman–Crippen MR) is 262 cm³/mol. The maximum atomic E-state index is 11.6. The normalized spacial score (nSPS) is 17.1. The van der Waals surface area contributed by atoms with Gasteiger partial charge in [-0.3, -0.25) is 14.8 Å². The minimum Gasteiger partial charge on any atom is -0.368 e. The van der Waals surface area contributed by atoms with Gasteiger partial charge in [-0.15, -0.1) is 0 Å². The Labute approximate surface area is 384 Å². The summed E-state index contributed by atoms with van der Waals surface area (Å²) in [6.07, 6.45) is 25.0. The van der Waals surface area contributed by atoms with Crippen molar-refractivity contribution in [3.63, 3.8) is 0 Å². The van der Waals surface area contributed by atoms with Crippen LogP contribution in [0.5, 0.6) is 0 Å². The van der Waals surface area contributed by atoms with Gasteiger partial charge in [-0.1, -0.05) is 33.1 Å². The quantitative estimate of drug-likeness (QED) is 0.133. The number of anilines is 6. The van der Waals surface area contributed by atoms with Gasteiger partial charge in [0, 0.05) is 118 Å². The number of nitrogens with one attached hydrogen (secondary N) is 3. The summed E-state index contributed by atoms with van der Waals surface area (Å²) in [6.45, 7) is 8.78. The number of carbonyl (C=O) groups excluding carboxylic acids is 1. The van der Waals surface area contributed by atoms with Crippen LogP contribution in [0.3, 0.4) is 0 Å². The van der Waals surface area contributed by atoms with E-state index in [2.05, 4.69) is 89.1 Å². The van der Waals surface area contributed by atoms with E-state index in [1.807, 2.05) is 66.6 Å². The lowest BCUT2D eigenvalue weighted by molar-refractivity contribution is -0.129. The summed E-state index contributed by atoms with van der Waals surface area (Å²) in [5.41, 5.74) is 6.41. The fourth-order valence-corrected chi connectivity index (χ4v) is 10.2. The van der Waals surface area contributed by atoms with Gasteiger partial charge in [0.25, 0.3) is 0 Å². The van der Waals surface area contributed by atoms with Crippen LogP contribution in [0.4, 0.5) is 34.9 Å². The summed E-state index contributed by atoms with van der Waals surface area (Å²) in [7, 11) is 0. The number of amides is 1. The van der Waals surface area contributed by atoms with Crippen LogP contribution < -0.4 is 25.8 Å². The molecule has 8 aromatic heterocycles. The standard InChI is InChI=1S/C25H28N8O.C23H26N8.CH4/c1-17(34)31-10-12-32(13-11-31)19-6-7-23(27-14-19)29-25-28-15-21-20-8-9-26-16-22(20)33(24(21)30-25)18-4-2-3-5-18;1-2-4-16(3-1)31-20-15-25-8-7-18(20)19-14-27-23(29-22(19)31)28-21-6-5-17(13-26-21)30-11-9-24-10-12-30;/h6-9,14-16,18H,2-5,10-13H2,1H3,(H,27,28,29,30);5-8,13-16,24H,1-4,9-12H2,(H,26,27,28,29);1H4. The first kappa shape index (κ1) is 42.9. The van der Waals surface area contributed by atoms with Crippen molar-refractivity contribution in [2.24, 2.45) is 0 Å². The zero-order valence-corrected chi connectivity index (χ0v) is 36.8. The molecule has 10 heterocycles. The van der Waals surface area contributed by atoms with E-state index in [4.69, 9.17) is 9.97 Å². The van der Waals surface area contributed by atoms with Gasteiger partial charge in [0.15, 0.2) is 0 Å². The molecule has 12 rings (SSSR count). The number of rotatable bonds is 8. The number of hydrogen-bond donors (Lipinski definition) is 3. The van der Waals surface area contributed by atoms with Crippen molar-refractivity contribution in [2.45, 2.75) is 77.8 Å². The van der Waals surface area contributed by atoms with Crippen molar-refractivity contribution in [1.82, 2.24) is 59.2 Å². The Morgan fingerprint density at radius 1 is 0.561 bits per heavy atom. The van der Waals surface area contributed by atoms with Gasteiger partial charge in [-0.2, -0.15) is 9.97 Å². The van der Waals surface area contributed by atoms with Crippen LogP contribution in [-0.2, 0) is 4.79 Å². The second-order valence-corrected chi connectivity index (χ2v) is 17.5. The Kier molecular flexibility index (Phi) is 12.2. The fraction of sp³-hybridized carbons (Fsp3) is 0.408. The minimum atomic E-state index is 0. The Hall–Kier alpha value is -7.01. The molecule has 4 fully saturated rings. The summed E-state index contributed by atoms with van der Waals surface area (Å²) in [5, 5.41) is 14.4. The topological polar surface area (TPSA) is 176 Å². The third-order valence-corrected chi connectivity index (χ3v) is 13.6. The first-order valence-corrected chi connectivity index (χ1v) is 23.2. The molecule has 2 aliphatic carbocycles. The van der Waals surface area contributed by atoms with Gasteiger partial charge in [-0.25, -0.2) is 19.9 Å².